The number of piperidine rings is 2. The number of carbonyl (C=O) groups is 1. The second-order valence-electron chi connectivity index (χ2n) is 6.72. The SMILES string of the molecule is CN=C(NCC(=O)N1CCCCC1)NC1CCN(c2cccs2)CC1.I. The topological polar surface area (TPSA) is 60.0 Å². The lowest BCUT2D eigenvalue weighted by atomic mass is 10.1. The number of carbonyl (C=O) groups excluding carboxylic acids is 1. The van der Waals surface area contributed by atoms with Crippen LogP contribution in [0, 0.1) is 0 Å². The van der Waals surface area contributed by atoms with Gasteiger partial charge in [0.25, 0.3) is 0 Å². The highest BCUT2D eigenvalue weighted by atomic mass is 127. The Hall–Kier alpha value is -1.03. The first-order valence-electron chi connectivity index (χ1n) is 9.29. The Bertz CT molecular complexity index is 566. The highest BCUT2D eigenvalue weighted by molar-refractivity contribution is 14.0. The molecule has 146 valence electrons. The van der Waals surface area contributed by atoms with Gasteiger partial charge in [-0.2, -0.15) is 0 Å². The van der Waals surface area contributed by atoms with Crippen LogP contribution in [-0.4, -0.2) is 62.6 Å². The van der Waals surface area contributed by atoms with Gasteiger partial charge >= 0.3 is 0 Å². The van der Waals surface area contributed by atoms with Crippen molar-refractivity contribution >= 4 is 52.2 Å². The Kier molecular flexibility index (Phi) is 8.97. The van der Waals surface area contributed by atoms with Crippen molar-refractivity contribution in [3.63, 3.8) is 0 Å². The molecule has 0 spiro atoms. The predicted octanol–water partition coefficient (Wildman–Crippen LogP) is 2.51. The van der Waals surface area contributed by atoms with Gasteiger partial charge < -0.3 is 20.4 Å². The fourth-order valence-corrected chi connectivity index (χ4v) is 4.28. The van der Waals surface area contributed by atoms with Gasteiger partial charge in [0.1, 0.15) is 0 Å². The number of hydrogen-bond acceptors (Lipinski definition) is 4. The molecule has 0 saturated carbocycles. The predicted molar refractivity (Wildman–Crippen MR) is 120 cm³/mol. The molecule has 2 N–H and O–H groups in total. The van der Waals surface area contributed by atoms with E-state index in [4.69, 9.17) is 0 Å². The summed E-state index contributed by atoms with van der Waals surface area (Å²) in [6.45, 7) is 4.24. The quantitative estimate of drug-likeness (QED) is 0.386. The highest BCUT2D eigenvalue weighted by Crippen LogP contribution is 2.24. The van der Waals surface area contributed by atoms with Gasteiger partial charge in [-0.05, 0) is 49.6 Å². The summed E-state index contributed by atoms with van der Waals surface area (Å²) < 4.78 is 0. The van der Waals surface area contributed by atoms with Crippen LogP contribution in [0.5, 0.6) is 0 Å². The van der Waals surface area contributed by atoms with E-state index in [-0.39, 0.29) is 29.9 Å². The van der Waals surface area contributed by atoms with Gasteiger partial charge in [-0.25, -0.2) is 0 Å². The van der Waals surface area contributed by atoms with Crippen LogP contribution in [0.3, 0.4) is 0 Å². The molecule has 8 heteroatoms. The molecule has 0 bridgehead atoms. The number of hydrogen-bond donors (Lipinski definition) is 2. The third-order valence-electron chi connectivity index (χ3n) is 4.99. The maximum absolute atomic E-state index is 12.3. The maximum atomic E-state index is 12.3. The Morgan fingerprint density at radius 2 is 1.96 bits per heavy atom. The van der Waals surface area contributed by atoms with Crippen LogP contribution in [0.25, 0.3) is 0 Å². The van der Waals surface area contributed by atoms with Crippen LogP contribution in [0.15, 0.2) is 22.5 Å². The first kappa shape index (κ1) is 21.3. The number of anilines is 1. The lowest BCUT2D eigenvalue weighted by Gasteiger charge is -2.33. The highest BCUT2D eigenvalue weighted by Gasteiger charge is 2.21. The van der Waals surface area contributed by atoms with Crippen molar-refractivity contribution in [2.45, 2.75) is 38.1 Å². The number of guanidine groups is 1. The summed E-state index contributed by atoms with van der Waals surface area (Å²) in [7, 11) is 1.77. The Morgan fingerprint density at radius 1 is 1.23 bits per heavy atom. The molecule has 3 heterocycles. The van der Waals surface area contributed by atoms with Crippen LogP contribution in [0.1, 0.15) is 32.1 Å². The van der Waals surface area contributed by atoms with Crippen molar-refractivity contribution in [2.75, 3.05) is 44.7 Å². The van der Waals surface area contributed by atoms with Gasteiger partial charge in [0, 0.05) is 39.3 Å². The third-order valence-corrected chi connectivity index (χ3v) is 5.92. The molecule has 1 amide bonds. The van der Waals surface area contributed by atoms with E-state index in [0.717, 1.165) is 57.8 Å². The number of nitrogens with zero attached hydrogens (tertiary/aromatic N) is 3. The molecule has 1 aromatic heterocycles. The molecular weight excluding hydrogens is 461 g/mol. The summed E-state index contributed by atoms with van der Waals surface area (Å²) in [5.41, 5.74) is 0. The van der Waals surface area contributed by atoms with E-state index >= 15 is 0 Å². The summed E-state index contributed by atoms with van der Waals surface area (Å²) in [5, 5.41) is 10.1. The van der Waals surface area contributed by atoms with E-state index in [1.807, 2.05) is 4.90 Å². The van der Waals surface area contributed by atoms with Crippen molar-refractivity contribution in [3.8, 4) is 0 Å². The second-order valence-corrected chi connectivity index (χ2v) is 7.65. The van der Waals surface area contributed by atoms with Crippen molar-refractivity contribution in [3.05, 3.63) is 17.5 Å². The number of likely N-dealkylation sites (tertiary alicyclic amines) is 1. The summed E-state index contributed by atoms with van der Waals surface area (Å²) in [5.74, 6) is 0.912. The van der Waals surface area contributed by atoms with Gasteiger partial charge in [0.2, 0.25) is 5.91 Å². The zero-order valence-corrected chi connectivity index (χ0v) is 18.6. The van der Waals surface area contributed by atoms with Crippen LogP contribution < -0.4 is 15.5 Å². The zero-order valence-electron chi connectivity index (χ0n) is 15.4. The summed E-state index contributed by atoms with van der Waals surface area (Å²) >= 11 is 1.80. The largest absolute Gasteiger partial charge is 0.363 e. The number of halogens is 1. The molecule has 0 radical (unpaired) electrons. The first-order valence-corrected chi connectivity index (χ1v) is 10.2. The molecule has 2 fully saturated rings. The summed E-state index contributed by atoms with van der Waals surface area (Å²) in [4.78, 5) is 20.9. The van der Waals surface area contributed by atoms with Crippen LogP contribution in [-0.2, 0) is 4.79 Å². The number of thiophene rings is 1. The van der Waals surface area contributed by atoms with Crippen molar-refractivity contribution in [1.82, 2.24) is 15.5 Å². The lowest BCUT2D eigenvalue weighted by molar-refractivity contribution is -0.130. The van der Waals surface area contributed by atoms with E-state index in [1.54, 1.807) is 18.4 Å². The first-order chi connectivity index (χ1) is 12.3. The van der Waals surface area contributed by atoms with Crippen LogP contribution in [0.2, 0.25) is 0 Å². The molecule has 0 atom stereocenters. The van der Waals surface area contributed by atoms with E-state index < -0.39 is 0 Å². The van der Waals surface area contributed by atoms with Crippen molar-refractivity contribution < 1.29 is 4.79 Å². The Labute approximate surface area is 177 Å². The average molecular weight is 491 g/mol. The molecule has 2 aliphatic heterocycles. The molecular formula is C18H30IN5OS. The number of rotatable bonds is 4. The number of nitrogens with one attached hydrogen (secondary N) is 2. The molecule has 26 heavy (non-hydrogen) atoms. The summed E-state index contributed by atoms with van der Waals surface area (Å²) in [6.07, 6.45) is 5.66. The molecule has 0 aliphatic carbocycles. The molecule has 1 aromatic rings. The van der Waals surface area contributed by atoms with Gasteiger partial charge in [-0.15, -0.1) is 35.3 Å². The minimum Gasteiger partial charge on any atom is -0.363 e. The Morgan fingerprint density at radius 3 is 2.58 bits per heavy atom. The molecule has 2 saturated heterocycles. The zero-order chi connectivity index (χ0) is 17.5. The standard InChI is InChI=1S/C18H29N5OS.HI/c1-19-18(20-14-16(24)22-9-3-2-4-10-22)21-15-7-11-23(12-8-15)17-6-5-13-25-17;/h5-6,13,15H,2-4,7-12,14H2,1H3,(H2,19,20,21);1H. The Balaban J connectivity index is 0.00000243. The number of amides is 1. The monoisotopic (exact) mass is 491 g/mol. The molecule has 0 unspecified atom stereocenters. The van der Waals surface area contributed by atoms with Gasteiger partial charge in [-0.3, -0.25) is 9.79 Å². The molecule has 0 aromatic carbocycles. The fraction of sp³-hybridized carbons (Fsp3) is 0.667. The molecule has 2 aliphatic rings. The van der Waals surface area contributed by atoms with Crippen LogP contribution >= 0.6 is 35.3 Å². The van der Waals surface area contributed by atoms with E-state index in [0.29, 0.717) is 12.6 Å². The minimum absolute atomic E-state index is 0. The summed E-state index contributed by atoms with van der Waals surface area (Å²) in [6, 6.07) is 4.70. The fourth-order valence-electron chi connectivity index (χ4n) is 3.50. The van der Waals surface area contributed by atoms with Crippen LogP contribution in [0.4, 0.5) is 5.00 Å². The van der Waals surface area contributed by atoms with Gasteiger partial charge in [-0.1, -0.05) is 0 Å². The van der Waals surface area contributed by atoms with E-state index in [2.05, 4.69) is 38.0 Å². The lowest BCUT2D eigenvalue weighted by Crippen LogP contribution is -2.51. The average Bonchev–Trinajstić information content (AvgIpc) is 3.21. The van der Waals surface area contributed by atoms with E-state index in [1.165, 1.54) is 11.4 Å². The normalized spacial score (nSPS) is 19.0. The smallest absolute Gasteiger partial charge is 0.241 e. The second kappa shape index (κ2) is 11.0. The van der Waals surface area contributed by atoms with Gasteiger partial charge in [0.15, 0.2) is 5.96 Å². The van der Waals surface area contributed by atoms with Crippen molar-refractivity contribution in [2.24, 2.45) is 4.99 Å². The molecule has 6 nitrogen and oxygen atoms in total. The maximum Gasteiger partial charge on any atom is 0.241 e. The molecule has 3 rings (SSSR count). The van der Waals surface area contributed by atoms with Gasteiger partial charge in [0.05, 0.1) is 11.5 Å². The number of aliphatic imine (C=N–C) groups is 1. The van der Waals surface area contributed by atoms with Crippen molar-refractivity contribution in [1.29, 1.82) is 0 Å². The minimum atomic E-state index is 0. The third kappa shape index (κ3) is 6.00. The van der Waals surface area contributed by atoms with E-state index in [9.17, 15) is 4.79 Å².